The number of nitriles is 1. The van der Waals surface area contributed by atoms with Crippen LogP contribution in [0.5, 0.6) is 0 Å². The zero-order chi connectivity index (χ0) is 21.8. The van der Waals surface area contributed by atoms with E-state index < -0.39 is 0 Å². The monoisotopic (exact) mass is 430 g/mol. The van der Waals surface area contributed by atoms with Gasteiger partial charge in [-0.2, -0.15) is 10.2 Å². The minimum Gasteiger partial charge on any atom is -0.347 e. The fourth-order valence-corrected chi connectivity index (χ4v) is 3.99. The van der Waals surface area contributed by atoms with Crippen molar-refractivity contribution in [3.8, 4) is 6.07 Å². The van der Waals surface area contributed by atoms with Crippen LogP contribution in [-0.4, -0.2) is 27.5 Å². The van der Waals surface area contributed by atoms with Crippen molar-refractivity contribution in [3.63, 3.8) is 0 Å². The molecule has 4 rings (SSSR count). The third kappa shape index (κ3) is 4.60. The highest BCUT2D eigenvalue weighted by Gasteiger charge is 2.15. The summed E-state index contributed by atoms with van der Waals surface area (Å²) in [7, 11) is 1.91. The highest BCUT2D eigenvalue weighted by Crippen LogP contribution is 2.25. The van der Waals surface area contributed by atoms with E-state index in [1.54, 1.807) is 24.3 Å². The Bertz CT molecular complexity index is 1340. The van der Waals surface area contributed by atoms with Crippen molar-refractivity contribution in [1.82, 2.24) is 14.5 Å². The number of fused-ring (bicyclic) bond motifs is 1. The van der Waals surface area contributed by atoms with Gasteiger partial charge in [0, 0.05) is 19.3 Å². The summed E-state index contributed by atoms with van der Waals surface area (Å²) < 4.78 is 1.65. The van der Waals surface area contributed by atoms with Gasteiger partial charge < -0.3 is 10.2 Å². The zero-order valence-corrected chi connectivity index (χ0v) is 17.5. The molecule has 31 heavy (non-hydrogen) atoms. The van der Waals surface area contributed by atoms with Crippen LogP contribution in [0.3, 0.4) is 0 Å². The number of anilines is 2. The molecule has 2 aromatic carbocycles. The second kappa shape index (κ2) is 8.77. The molecule has 154 valence electrons. The highest BCUT2D eigenvalue weighted by molar-refractivity contribution is 7.22. The van der Waals surface area contributed by atoms with Crippen molar-refractivity contribution in [2.24, 2.45) is 0 Å². The molecule has 0 saturated carbocycles. The average Bonchev–Trinajstić information content (AvgIpc) is 3.22. The number of carbonyl (C=O) groups excluding carboxylic acids is 1. The summed E-state index contributed by atoms with van der Waals surface area (Å²) in [5, 5.41) is 12.3. The van der Waals surface area contributed by atoms with Crippen molar-refractivity contribution in [3.05, 3.63) is 82.4 Å². The zero-order valence-electron chi connectivity index (χ0n) is 16.6. The van der Waals surface area contributed by atoms with Crippen molar-refractivity contribution in [2.45, 2.75) is 13.1 Å². The normalized spacial score (nSPS) is 10.6. The maximum Gasteiger partial charge on any atom is 0.273 e. The Morgan fingerprint density at radius 3 is 2.81 bits per heavy atom. The molecule has 0 aliphatic heterocycles. The number of rotatable bonds is 6. The fourth-order valence-electron chi connectivity index (χ4n) is 3.06. The van der Waals surface area contributed by atoms with Gasteiger partial charge in [-0.05, 0) is 23.8 Å². The summed E-state index contributed by atoms with van der Waals surface area (Å²) in [6, 6.07) is 18.6. The lowest BCUT2D eigenvalue weighted by Gasteiger charge is -2.15. The molecular formula is C22H18N6O2S. The molecular weight excluding hydrogens is 412 g/mol. The summed E-state index contributed by atoms with van der Waals surface area (Å²) in [5.74, 6) is -0.385. The molecule has 1 N–H and O–H groups in total. The highest BCUT2D eigenvalue weighted by atomic mass is 32.1. The van der Waals surface area contributed by atoms with Crippen molar-refractivity contribution in [1.29, 1.82) is 5.26 Å². The molecule has 0 unspecified atom stereocenters. The largest absolute Gasteiger partial charge is 0.347 e. The third-order valence-electron chi connectivity index (χ3n) is 4.55. The van der Waals surface area contributed by atoms with Gasteiger partial charge in [0.1, 0.15) is 17.6 Å². The summed E-state index contributed by atoms with van der Waals surface area (Å²) >= 11 is 1.25. The first-order chi connectivity index (χ1) is 15.0. The molecule has 0 bridgehead atoms. The number of aromatic nitrogens is 3. The van der Waals surface area contributed by atoms with Crippen LogP contribution in [0.2, 0.25) is 0 Å². The van der Waals surface area contributed by atoms with Crippen molar-refractivity contribution in [2.75, 3.05) is 17.3 Å². The first-order valence-electron chi connectivity index (χ1n) is 9.44. The number of amides is 1. The van der Waals surface area contributed by atoms with Gasteiger partial charge >= 0.3 is 0 Å². The van der Waals surface area contributed by atoms with Gasteiger partial charge in [-0.3, -0.25) is 14.2 Å². The molecule has 2 heterocycles. The van der Waals surface area contributed by atoms with Crippen molar-refractivity contribution < 1.29 is 4.79 Å². The lowest BCUT2D eigenvalue weighted by Crippen LogP contribution is -2.27. The first kappa shape index (κ1) is 20.3. The van der Waals surface area contributed by atoms with E-state index >= 15 is 0 Å². The Kier molecular flexibility index (Phi) is 5.73. The summed E-state index contributed by atoms with van der Waals surface area (Å²) in [6.45, 7) is 0.463. The molecule has 9 heteroatoms. The number of nitrogens with one attached hydrogen (secondary N) is 1. The van der Waals surface area contributed by atoms with E-state index in [-0.39, 0.29) is 18.0 Å². The maximum absolute atomic E-state index is 12.9. The van der Waals surface area contributed by atoms with Gasteiger partial charge in [-0.15, -0.1) is 0 Å². The smallest absolute Gasteiger partial charge is 0.273 e. The molecule has 0 aliphatic carbocycles. The van der Waals surface area contributed by atoms with Crippen LogP contribution in [0.4, 0.5) is 10.8 Å². The molecule has 4 aromatic rings. The minimum absolute atomic E-state index is 0.189. The average molecular weight is 430 g/mol. The SMILES string of the molecule is CN(Cc1ccccc1)c1nc2ncn(CC(=O)Nc3cccc(C#N)c3)c(=O)c2s1. The van der Waals surface area contributed by atoms with E-state index in [1.807, 2.05) is 48.3 Å². The van der Waals surface area contributed by atoms with Crippen LogP contribution in [0.25, 0.3) is 10.3 Å². The van der Waals surface area contributed by atoms with Gasteiger partial charge in [0.05, 0.1) is 11.6 Å². The number of hydrogen-bond donors (Lipinski definition) is 1. The summed E-state index contributed by atoms with van der Waals surface area (Å²) in [6.07, 6.45) is 1.33. The predicted octanol–water partition coefficient (Wildman–Crippen LogP) is 3.00. The number of hydrogen-bond acceptors (Lipinski definition) is 7. The van der Waals surface area contributed by atoms with Gasteiger partial charge in [-0.1, -0.05) is 47.7 Å². The molecule has 0 radical (unpaired) electrons. The number of benzene rings is 2. The maximum atomic E-state index is 12.9. The topological polar surface area (TPSA) is 104 Å². The van der Waals surface area contributed by atoms with Crippen LogP contribution in [0, 0.1) is 11.3 Å². The third-order valence-corrected chi connectivity index (χ3v) is 5.70. The van der Waals surface area contributed by atoms with Gasteiger partial charge in [-0.25, -0.2) is 4.98 Å². The standard InChI is InChI=1S/C22H18N6O2S/c1-27(12-15-6-3-2-4-7-15)22-26-20-19(31-22)21(30)28(14-24-20)13-18(29)25-17-9-5-8-16(10-17)11-23/h2-10,14H,12-13H2,1H3,(H,25,29). The van der Waals surface area contributed by atoms with E-state index in [0.717, 1.165) is 5.56 Å². The van der Waals surface area contributed by atoms with Crippen LogP contribution in [0.1, 0.15) is 11.1 Å². The van der Waals surface area contributed by atoms with Gasteiger partial charge in [0.2, 0.25) is 5.91 Å². The number of carbonyl (C=O) groups is 1. The lowest BCUT2D eigenvalue weighted by molar-refractivity contribution is -0.116. The van der Waals surface area contributed by atoms with E-state index in [4.69, 9.17) is 5.26 Å². The van der Waals surface area contributed by atoms with Crippen LogP contribution in [0.15, 0.2) is 65.7 Å². The van der Waals surface area contributed by atoms with Crippen LogP contribution in [-0.2, 0) is 17.9 Å². The summed E-state index contributed by atoms with van der Waals surface area (Å²) in [5.41, 5.74) is 2.11. The number of thiazole rings is 1. The Balaban J connectivity index is 1.52. The molecule has 2 aromatic heterocycles. The molecule has 0 saturated heterocycles. The first-order valence-corrected chi connectivity index (χ1v) is 10.3. The Morgan fingerprint density at radius 2 is 2.03 bits per heavy atom. The van der Waals surface area contributed by atoms with Crippen molar-refractivity contribution >= 4 is 38.4 Å². The van der Waals surface area contributed by atoms with E-state index in [9.17, 15) is 9.59 Å². The van der Waals surface area contributed by atoms with Crippen LogP contribution < -0.4 is 15.8 Å². The van der Waals surface area contributed by atoms with Crippen LogP contribution >= 0.6 is 11.3 Å². The lowest BCUT2D eigenvalue weighted by atomic mass is 10.2. The molecule has 1 amide bonds. The quantitative estimate of drug-likeness (QED) is 0.504. The predicted molar refractivity (Wildman–Crippen MR) is 120 cm³/mol. The second-order valence-electron chi connectivity index (χ2n) is 6.91. The molecule has 0 aliphatic rings. The molecule has 0 atom stereocenters. The van der Waals surface area contributed by atoms with E-state index in [0.29, 0.717) is 33.3 Å². The van der Waals surface area contributed by atoms with E-state index in [1.165, 1.54) is 22.2 Å². The fraction of sp³-hybridized carbons (Fsp3) is 0.136. The molecule has 8 nitrogen and oxygen atoms in total. The molecule has 0 fully saturated rings. The Labute approximate surface area is 182 Å². The second-order valence-corrected chi connectivity index (χ2v) is 7.89. The number of nitrogens with zero attached hydrogens (tertiary/aromatic N) is 5. The Morgan fingerprint density at radius 1 is 1.23 bits per heavy atom. The summed E-state index contributed by atoms with van der Waals surface area (Å²) in [4.78, 5) is 35.9. The van der Waals surface area contributed by atoms with Gasteiger partial charge in [0.25, 0.3) is 5.56 Å². The molecule has 0 spiro atoms. The van der Waals surface area contributed by atoms with Gasteiger partial charge in [0.15, 0.2) is 10.8 Å². The minimum atomic E-state index is -0.385. The van der Waals surface area contributed by atoms with E-state index in [2.05, 4.69) is 15.3 Å². The Hall–Kier alpha value is -4.03.